The highest BCUT2D eigenvalue weighted by Gasteiger charge is 2.19. The molecule has 0 saturated carbocycles. The number of benzene rings is 5. The molecular formula is C38H30N2O2. The molecular weight excluding hydrogens is 516 g/mol. The SMILES string of the molecule is CC(C)(C)c1cc(-c2cccc(-c3nc4c(-c5cc(-c6ccccc6)ccc5O)cccc4o3)c2)c2ncccc2c1. The Hall–Kier alpha value is -5.22. The first kappa shape index (κ1) is 25.7. The van der Waals surface area contributed by atoms with E-state index in [-0.39, 0.29) is 11.2 Å². The van der Waals surface area contributed by atoms with Crippen molar-refractivity contribution in [2.24, 2.45) is 0 Å². The summed E-state index contributed by atoms with van der Waals surface area (Å²) in [5, 5.41) is 12.0. The van der Waals surface area contributed by atoms with Gasteiger partial charge in [0.05, 0.1) is 5.52 Å². The molecule has 5 aromatic carbocycles. The number of oxazole rings is 1. The molecule has 0 unspecified atom stereocenters. The van der Waals surface area contributed by atoms with Gasteiger partial charge in [0.25, 0.3) is 0 Å². The Morgan fingerprint density at radius 2 is 1.38 bits per heavy atom. The predicted molar refractivity (Wildman–Crippen MR) is 171 cm³/mol. The summed E-state index contributed by atoms with van der Waals surface area (Å²) in [7, 11) is 0. The van der Waals surface area contributed by atoms with E-state index < -0.39 is 0 Å². The zero-order valence-corrected chi connectivity index (χ0v) is 23.8. The molecule has 0 spiro atoms. The minimum atomic E-state index is -0.00351. The largest absolute Gasteiger partial charge is 0.507 e. The second kappa shape index (κ2) is 10.0. The molecule has 0 atom stereocenters. The van der Waals surface area contributed by atoms with Gasteiger partial charge in [-0.15, -0.1) is 0 Å². The number of aromatic nitrogens is 2. The van der Waals surface area contributed by atoms with E-state index in [1.54, 1.807) is 6.07 Å². The lowest BCUT2D eigenvalue weighted by molar-refractivity contribution is 0.477. The average Bonchev–Trinajstić information content (AvgIpc) is 3.46. The number of nitrogens with zero attached hydrogens (tertiary/aromatic N) is 2. The smallest absolute Gasteiger partial charge is 0.227 e. The van der Waals surface area contributed by atoms with Crippen LogP contribution in [0, 0.1) is 0 Å². The van der Waals surface area contributed by atoms with E-state index in [9.17, 15) is 5.11 Å². The number of phenols is 1. The third kappa shape index (κ3) is 4.61. The monoisotopic (exact) mass is 546 g/mol. The maximum absolute atomic E-state index is 10.9. The summed E-state index contributed by atoms with van der Waals surface area (Å²) >= 11 is 0. The minimum absolute atomic E-state index is 0.00351. The van der Waals surface area contributed by atoms with Gasteiger partial charge < -0.3 is 9.52 Å². The van der Waals surface area contributed by atoms with E-state index in [1.165, 1.54) is 5.56 Å². The maximum atomic E-state index is 10.9. The maximum Gasteiger partial charge on any atom is 0.227 e. The Kier molecular flexibility index (Phi) is 6.13. The average molecular weight is 547 g/mol. The molecule has 4 nitrogen and oxygen atoms in total. The standard InChI is InChI=1S/C38H30N2O2/c1-38(2,3)29-21-27-14-9-19-39-35(27)31(23-29)26-12-7-13-28(20-26)37-40-36-30(15-8-16-34(36)42-37)32-22-25(17-18-33(32)41)24-10-5-4-6-11-24/h4-23,41H,1-3H3. The number of para-hydroxylation sites is 1. The van der Waals surface area contributed by atoms with E-state index in [0.29, 0.717) is 22.6 Å². The molecule has 0 radical (unpaired) electrons. The van der Waals surface area contributed by atoms with Crippen molar-refractivity contribution in [3.63, 3.8) is 0 Å². The molecule has 7 rings (SSSR count). The molecule has 42 heavy (non-hydrogen) atoms. The zero-order valence-electron chi connectivity index (χ0n) is 23.8. The lowest BCUT2D eigenvalue weighted by Crippen LogP contribution is -2.11. The van der Waals surface area contributed by atoms with Gasteiger partial charge >= 0.3 is 0 Å². The van der Waals surface area contributed by atoms with Gasteiger partial charge in [-0.25, -0.2) is 4.98 Å². The highest BCUT2D eigenvalue weighted by molar-refractivity contribution is 5.97. The van der Waals surface area contributed by atoms with Crippen molar-refractivity contribution in [1.82, 2.24) is 9.97 Å². The summed E-state index contributed by atoms with van der Waals surface area (Å²) < 4.78 is 6.32. The van der Waals surface area contributed by atoms with Crippen LogP contribution >= 0.6 is 0 Å². The van der Waals surface area contributed by atoms with Crippen LogP contribution in [0.5, 0.6) is 5.75 Å². The van der Waals surface area contributed by atoms with Crippen LogP contribution in [0.1, 0.15) is 26.3 Å². The fourth-order valence-electron chi connectivity index (χ4n) is 5.52. The summed E-state index contributed by atoms with van der Waals surface area (Å²) in [6.45, 7) is 6.69. The van der Waals surface area contributed by atoms with Crippen LogP contribution in [0.15, 0.2) is 126 Å². The van der Waals surface area contributed by atoms with Crippen LogP contribution < -0.4 is 0 Å². The molecule has 1 N–H and O–H groups in total. The number of phenolic OH excluding ortho intramolecular Hbond substituents is 1. The van der Waals surface area contributed by atoms with Gasteiger partial charge in [-0.1, -0.05) is 87.5 Å². The third-order valence-corrected chi connectivity index (χ3v) is 7.80. The highest BCUT2D eigenvalue weighted by Crippen LogP contribution is 2.39. The van der Waals surface area contributed by atoms with Gasteiger partial charge in [-0.2, -0.15) is 0 Å². The van der Waals surface area contributed by atoms with Gasteiger partial charge in [-0.3, -0.25) is 4.98 Å². The second-order valence-corrected chi connectivity index (χ2v) is 11.7. The van der Waals surface area contributed by atoms with Crippen LogP contribution in [0.4, 0.5) is 0 Å². The van der Waals surface area contributed by atoms with Gasteiger partial charge in [0, 0.05) is 33.8 Å². The summed E-state index contributed by atoms with van der Waals surface area (Å²) in [6.07, 6.45) is 1.84. The normalized spacial score (nSPS) is 11.8. The van der Waals surface area contributed by atoms with Gasteiger partial charge in [0.1, 0.15) is 11.3 Å². The van der Waals surface area contributed by atoms with Gasteiger partial charge in [0.15, 0.2) is 5.58 Å². The molecule has 2 heterocycles. The highest BCUT2D eigenvalue weighted by atomic mass is 16.3. The van der Waals surface area contributed by atoms with E-state index >= 15 is 0 Å². The van der Waals surface area contributed by atoms with Crippen LogP contribution in [0.2, 0.25) is 0 Å². The molecule has 0 aliphatic rings. The quantitative estimate of drug-likeness (QED) is 0.239. The number of rotatable bonds is 4. The topological polar surface area (TPSA) is 59.2 Å². The van der Waals surface area contributed by atoms with E-state index in [0.717, 1.165) is 44.3 Å². The molecule has 0 aliphatic carbocycles. The summed E-state index contributed by atoms with van der Waals surface area (Å²) in [5.74, 6) is 0.731. The van der Waals surface area contributed by atoms with Crippen molar-refractivity contribution >= 4 is 22.0 Å². The van der Waals surface area contributed by atoms with Crippen molar-refractivity contribution in [3.8, 4) is 50.6 Å². The predicted octanol–water partition coefficient (Wildman–Crippen LogP) is 10.0. The van der Waals surface area contributed by atoms with Gasteiger partial charge in [-0.05, 0) is 76.2 Å². The number of hydrogen-bond acceptors (Lipinski definition) is 4. The van der Waals surface area contributed by atoms with Crippen molar-refractivity contribution < 1.29 is 9.52 Å². The van der Waals surface area contributed by atoms with E-state index in [1.807, 2.05) is 72.9 Å². The molecule has 0 bridgehead atoms. The van der Waals surface area contributed by atoms with Crippen molar-refractivity contribution in [1.29, 1.82) is 0 Å². The summed E-state index contributed by atoms with van der Waals surface area (Å²) in [4.78, 5) is 9.70. The van der Waals surface area contributed by atoms with Crippen molar-refractivity contribution in [2.75, 3.05) is 0 Å². The van der Waals surface area contributed by atoms with Crippen molar-refractivity contribution in [3.05, 3.63) is 127 Å². The number of aromatic hydroxyl groups is 1. The summed E-state index contributed by atoms with van der Waals surface area (Å²) in [5.41, 5.74) is 10.3. The first-order valence-corrected chi connectivity index (χ1v) is 14.1. The molecule has 2 aromatic heterocycles. The van der Waals surface area contributed by atoms with Gasteiger partial charge in [0.2, 0.25) is 5.89 Å². The molecule has 0 saturated heterocycles. The Bertz CT molecular complexity index is 2090. The minimum Gasteiger partial charge on any atom is -0.507 e. The Labute approximate surface area is 245 Å². The third-order valence-electron chi connectivity index (χ3n) is 7.80. The second-order valence-electron chi connectivity index (χ2n) is 11.7. The molecule has 7 aromatic rings. The molecule has 0 amide bonds. The first-order chi connectivity index (χ1) is 20.3. The Morgan fingerprint density at radius 3 is 2.21 bits per heavy atom. The fourth-order valence-corrected chi connectivity index (χ4v) is 5.52. The van der Waals surface area contributed by atoms with Crippen LogP contribution in [-0.2, 0) is 5.41 Å². The number of pyridine rings is 1. The zero-order chi connectivity index (χ0) is 28.8. The first-order valence-electron chi connectivity index (χ1n) is 14.1. The number of fused-ring (bicyclic) bond motifs is 2. The fraction of sp³-hybridized carbons (Fsp3) is 0.105. The van der Waals surface area contributed by atoms with Crippen molar-refractivity contribution in [2.45, 2.75) is 26.2 Å². The summed E-state index contributed by atoms with van der Waals surface area (Å²) in [6, 6.07) is 38.5. The molecule has 0 fully saturated rings. The Morgan fingerprint density at radius 1 is 0.595 bits per heavy atom. The van der Waals surface area contributed by atoms with Crippen LogP contribution in [0.3, 0.4) is 0 Å². The van der Waals surface area contributed by atoms with Crippen LogP contribution in [0.25, 0.3) is 66.8 Å². The molecule has 0 aliphatic heterocycles. The number of hydrogen-bond donors (Lipinski definition) is 1. The van der Waals surface area contributed by atoms with E-state index in [4.69, 9.17) is 14.4 Å². The van der Waals surface area contributed by atoms with E-state index in [2.05, 4.69) is 63.2 Å². The lowest BCUT2D eigenvalue weighted by Gasteiger charge is -2.21. The molecule has 204 valence electrons. The lowest BCUT2D eigenvalue weighted by atomic mass is 9.84. The molecule has 4 heteroatoms. The van der Waals surface area contributed by atoms with Crippen LogP contribution in [-0.4, -0.2) is 15.1 Å². The Balaban J connectivity index is 1.34.